The maximum Gasteiger partial charge on any atom is 0.339 e. The summed E-state index contributed by atoms with van der Waals surface area (Å²) < 4.78 is 30.0. The molecule has 14 heteroatoms. The summed E-state index contributed by atoms with van der Waals surface area (Å²) in [6.45, 7) is 6.71. The smallest absolute Gasteiger partial charge is 0.339 e. The highest BCUT2D eigenvalue weighted by atomic mass is 19.1. The summed E-state index contributed by atoms with van der Waals surface area (Å²) in [7, 11) is 3.16. The number of hydrogen-bond donors (Lipinski definition) is 1. The first kappa shape index (κ1) is 28.8. The summed E-state index contributed by atoms with van der Waals surface area (Å²) in [5.74, 6) is 1.09. The molecule has 43 heavy (non-hydrogen) atoms. The molecule has 2 aromatic heterocycles. The van der Waals surface area contributed by atoms with Crippen molar-refractivity contribution in [2.45, 2.75) is 25.7 Å². The van der Waals surface area contributed by atoms with Crippen LogP contribution in [0.2, 0.25) is 0 Å². The predicted molar refractivity (Wildman–Crippen MR) is 154 cm³/mol. The quantitative estimate of drug-likeness (QED) is 0.388. The van der Waals surface area contributed by atoms with Crippen LogP contribution in [0.5, 0.6) is 23.3 Å². The minimum atomic E-state index is -1.29. The van der Waals surface area contributed by atoms with Crippen molar-refractivity contribution in [2.75, 3.05) is 69.8 Å². The Morgan fingerprint density at radius 3 is 2.44 bits per heavy atom. The molecule has 0 radical (unpaired) electrons. The van der Waals surface area contributed by atoms with E-state index in [1.165, 1.54) is 12.4 Å². The summed E-state index contributed by atoms with van der Waals surface area (Å²) in [6, 6.07) is 5.23. The van der Waals surface area contributed by atoms with Crippen LogP contribution in [0.4, 0.5) is 16.0 Å². The van der Waals surface area contributed by atoms with Gasteiger partial charge in [0.1, 0.15) is 23.5 Å². The summed E-state index contributed by atoms with van der Waals surface area (Å²) in [5.41, 5.74) is -0.0830. The largest absolute Gasteiger partial charge is 0.491 e. The van der Waals surface area contributed by atoms with Crippen LogP contribution in [0.25, 0.3) is 0 Å². The summed E-state index contributed by atoms with van der Waals surface area (Å²) in [5, 5.41) is 25.8. The molecule has 6 rings (SSSR count). The highest BCUT2D eigenvalue weighted by Crippen LogP contribution is 2.44. The van der Waals surface area contributed by atoms with E-state index < -0.39 is 11.8 Å². The van der Waals surface area contributed by atoms with Crippen LogP contribution in [0.3, 0.4) is 0 Å². The lowest BCUT2D eigenvalue weighted by Gasteiger charge is -2.54. The third-order valence-electron chi connectivity index (χ3n) is 8.80. The lowest BCUT2D eigenvalue weighted by Crippen LogP contribution is -2.61. The number of likely N-dealkylation sites (tertiary alicyclic amines) is 1. The van der Waals surface area contributed by atoms with Crippen molar-refractivity contribution in [1.82, 2.24) is 30.3 Å². The van der Waals surface area contributed by atoms with E-state index in [0.717, 1.165) is 89.4 Å². The van der Waals surface area contributed by atoms with Crippen LogP contribution in [0, 0.1) is 17.2 Å². The molecule has 1 spiro atoms. The third-order valence-corrected chi connectivity index (χ3v) is 8.80. The first-order valence-corrected chi connectivity index (χ1v) is 14.4. The summed E-state index contributed by atoms with van der Waals surface area (Å²) in [4.78, 5) is 22.9. The number of carboxylic acid groups (broad SMARTS) is 1. The zero-order valence-electron chi connectivity index (χ0n) is 24.3. The van der Waals surface area contributed by atoms with E-state index in [-0.39, 0.29) is 22.6 Å². The van der Waals surface area contributed by atoms with Crippen molar-refractivity contribution in [3.63, 3.8) is 0 Å². The van der Waals surface area contributed by atoms with E-state index in [0.29, 0.717) is 23.4 Å². The maximum absolute atomic E-state index is 13.6. The van der Waals surface area contributed by atoms with Gasteiger partial charge in [0.15, 0.2) is 17.4 Å². The number of anilines is 2. The van der Waals surface area contributed by atoms with Crippen LogP contribution < -0.4 is 24.0 Å². The average molecular weight is 595 g/mol. The fraction of sp³-hybridized carbons (Fsp3) is 0.517. The molecule has 3 aliphatic rings. The Morgan fingerprint density at radius 1 is 0.977 bits per heavy atom. The molecule has 228 valence electrons. The van der Waals surface area contributed by atoms with E-state index >= 15 is 0 Å². The number of halogens is 1. The molecule has 0 bridgehead atoms. The normalized spacial score (nSPS) is 18.8. The van der Waals surface area contributed by atoms with Gasteiger partial charge in [0.2, 0.25) is 0 Å². The van der Waals surface area contributed by atoms with Gasteiger partial charge >= 0.3 is 5.97 Å². The molecular weight excluding hydrogens is 559 g/mol. The van der Waals surface area contributed by atoms with Crippen molar-refractivity contribution in [3.05, 3.63) is 42.0 Å². The molecule has 0 unspecified atom stereocenters. The van der Waals surface area contributed by atoms with E-state index in [9.17, 15) is 14.3 Å². The highest BCUT2D eigenvalue weighted by molar-refractivity contribution is 5.91. The minimum absolute atomic E-state index is 0.0107. The number of hydrogen-bond acceptors (Lipinski definition) is 12. The van der Waals surface area contributed by atoms with Gasteiger partial charge in [0.25, 0.3) is 11.8 Å². The molecule has 0 atom stereocenters. The van der Waals surface area contributed by atoms with Crippen LogP contribution in [-0.4, -0.2) is 101 Å². The number of benzene rings is 1. The van der Waals surface area contributed by atoms with Crippen LogP contribution in [0.15, 0.2) is 30.6 Å². The van der Waals surface area contributed by atoms with E-state index in [2.05, 4.69) is 40.1 Å². The predicted octanol–water partition coefficient (Wildman–Crippen LogP) is 3.13. The number of nitrogens with zero attached hydrogens (tertiary/aromatic N) is 8. The maximum atomic E-state index is 13.6. The first-order valence-electron chi connectivity index (χ1n) is 14.4. The van der Waals surface area contributed by atoms with Gasteiger partial charge < -0.3 is 34.0 Å². The summed E-state index contributed by atoms with van der Waals surface area (Å²) in [6.07, 6.45) is 5.75. The molecule has 3 saturated heterocycles. The fourth-order valence-electron chi connectivity index (χ4n) is 6.35. The Balaban J connectivity index is 0.992. The molecule has 1 N–H and O–H groups in total. The zero-order chi connectivity index (χ0) is 30.0. The van der Waals surface area contributed by atoms with E-state index in [1.807, 2.05) is 6.07 Å². The molecule has 3 fully saturated rings. The van der Waals surface area contributed by atoms with Gasteiger partial charge in [0, 0.05) is 44.2 Å². The van der Waals surface area contributed by atoms with Gasteiger partial charge in [-0.05, 0) is 62.9 Å². The number of carboxylic acids is 1. The van der Waals surface area contributed by atoms with Crippen molar-refractivity contribution in [2.24, 2.45) is 11.3 Å². The number of methoxy groups -OCH3 is 2. The lowest BCUT2D eigenvalue weighted by atomic mass is 9.72. The molecule has 1 aromatic carbocycles. The molecular formula is C29H35FN8O5. The number of piperidine rings is 2. The number of ether oxygens (including phenoxy) is 3. The minimum Gasteiger partial charge on any atom is -0.491 e. The first-order chi connectivity index (χ1) is 20.9. The molecule has 13 nitrogen and oxygen atoms in total. The molecule has 3 aromatic rings. The Morgan fingerprint density at radius 2 is 1.74 bits per heavy atom. The molecule has 0 amide bonds. The van der Waals surface area contributed by atoms with Crippen molar-refractivity contribution < 1.29 is 28.5 Å². The summed E-state index contributed by atoms with van der Waals surface area (Å²) >= 11 is 0. The third kappa shape index (κ3) is 6.10. The Bertz CT molecular complexity index is 1450. The van der Waals surface area contributed by atoms with Crippen LogP contribution in [-0.2, 0) is 0 Å². The number of rotatable bonds is 9. The average Bonchev–Trinajstić information content (AvgIpc) is 3.01. The van der Waals surface area contributed by atoms with Crippen molar-refractivity contribution >= 4 is 17.6 Å². The number of aromatic nitrogens is 5. The number of aromatic carboxylic acids is 1. The Kier molecular flexibility index (Phi) is 8.10. The van der Waals surface area contributed by atoms with Gasteiger partial charge in [-0.25, -0.2) is 14.2 Å². The molecule has 0 aliphatic carbocycles. The second kappa shape index (κ2) is 12.1. The van der Waals surface area contributed by atoms with Crippen LogP contribution >= 0.6 is 0 Å². The van der Waals surface area contributed by atoms with E-state index in [1.54, 1.807) is 14.2 Å². The second-order valence-corrected chi connectivity index (χ2v) is 11.5. The topological polar surface area (TPSA) is 139 Å². The molecule has 5 heterocycles. The fourth-order valence-corrected chi connectivity index (χ4v) is 6.35. The monoisotopic (exact) mass is 594 g/mol. The van der Waals surface area contributed by atoms with Gasteiger partial charge in [-0.15, -0.1) is 20.4 Å². The lowest BCUT2D eigenvalue weighted by molar-refractivity contribution is 0.0640. The standard InChI is InChI=1S/C29H35FN8O5/c1-41-23-14-24(33-35-26(23)42-2)37-9-5-19(6-10-37)15-36-11-7-29(8-12-36)16-38(17-29)25-27(34-32-18-31-25)43-22-4-3-20(30)13-21(22)28(39)40/h3-4,13-14,18-19H,5-12,15-17H2,1-2H3,(H,39,40). The van der Waals surface area contributed by atoms with Crippen molar-refractivity contribution in [1.29, 1.82) is 0 Å². The Hall–Kier alpha value is -4.33. The van der Waals surface area contributed by atoms with Crippen molar-refractivity contribution in [3.8, 4) is 23.3 Å². The zero-order valence-corrected chi connectivity index (χ0v) is 24.3. The van der Waals surface area contributed by atoms with Gasteiger partial charge in [-0.3, -0.25) is 0 Å². The van der Waals surface area contributed by atoms with Gasteiger partial charge in [-0.2, -0.15) is 0 Å². The van der Waals surface area contributed by atoms with Crippen LogP contribution in [0.1, 0.15) is 36.0 Å². The highest BCUT2D eigenvalue weighted by Gasteiger charge is 2.46. The van der Waals surface area contributed by atoms with E-state index in [4.69, 9.17) is 14.2 Å². The second-order valence-electron chi connectivity index (χ2n) is 11.5. The number of carbonyl (C=O) groups is 1. The SMILES string of the molecule is COc1cc(N2CCC(CN3CCC4(CC3)CN(c3ncnnc3Oc3ccc(F)cc3C(=O)O)C4)CC2)nnc1OC. The van der Waals surface area contributed by atoms with Gasteiger partial charge in [0.05, 0.1) is 14.2 Å². The Labute approximate surface area is 248 Å². The van der Waals surface area contributed by atoms with Gasteiger partial charge in [-0.1, -0.05) is 0 Å². The molecule has 3 aliphatic heterocycles. The molecule has 0 saturated carbocycles.